The minimum absolute atomic E-state index is 0.178. The lowest BCUT2D eigenvalue weighted by Crippen LogP contribution is -2.54. The van der Waals surface area contributed by atoms with Gasteiger partial charge in [-0.3, -0.25) is 14.7 Å². The van der Waals surface area contributed by atoms with Gasteiger partial charge in [0, 0.05) is 63.4 Å². The first-order valence-corrected chi connectivity index (χ1v) is 11.4. The summed E-state index contributed by atoms with van der Waals surface area (Å²) in [6.07, 6.45) is 4.95. The molecular formula is C24H31F2N5O. The van der Waals surface area contributed by atoms with E-state index in [4.69, 9.17) is 5.73 Å². The van der Waals surface area contributed by atoms with Crippen LogP contribution in [-0.2, 0) is 11.3 Å². The fraction of sp³-hybridized carbons (Fsp3) is 0.542. The Morgan fingerprint density at radius 1 is 1.19 bits per heavy atom. The second-order valence-electron chi connectivity index (χ2n) is 9.15. The van der Waals surface area contributed by atoms with Gasteiger partial charge in [-0.1, -0.05) is 6.92 Å². The zero-order valence-electron chi connectivity index (χ0n) is 18.5. The Bertz CT molecular complexity index is 922. The summed E-state index contributed by atoms with van der Waals surface area (Å²) in [6.45, 7) is 4.95. The standard InChI is InChI=1S/C24H31F2N5O/c1-17(21-3-2-20(25)15-29-21)19-5-10-31(11-6-19)23(32)24(26)7-12-30(13-8-24)16-18-4-9-28-22(27)14-18/h2-4,9,14-15,17,19H,5-8,10-13,16H2,1H3,(H2,27,28). The molecule has 0 bridgehead atoms. The molecule has 4 rings (SSSR count). The second kappa shape index (κ2) is 9.48. The molecule has 2 N–H and O–H groups in total. The topological polar surface area (TPSA) is 75.4 Å². The van der Waals surface area contributed by atoms with Crippen LogP contribution in [0.25, 0.3) is 0 Å². The summed E-state index contributed by atoms with van der Waals surface area (Å²) < 4.78 is 28.7. The maximum atomic E-state index is 15.6. The molecule has 2 saturated heterocycles. The Kier molecular flexibility index (Phi) is 6.69. The van der Waals surface area contributed by atoms with Gasteiger partial charge in [-0.15, -0.1) is 0 Å². The summed E-state index contributed by atoms with van der Waals surface area (Å²) in [7, 11) is 0. The van der Waals surface area contributed by atoms with Crippen molar-refractivity contribution in [2.75, 3.05) is 31.9 Å². The minimum atomic E-state index is -1.79. The molecule has 6 nitrogen and oxygen atoms in total. The van der Waals surface area contributed by atoms with Gasteiger partial charge in [0.15, 0.2) is 5.67 Å². The largest absolute Gasteiger partial charge is 0.384 e. The third kappa shape index (κ3) is 5.06. The predicted octanol–water partition coefficient (Wildman–Crippen LogP) is 3.54. The Morgan fingerprint density at radius 3 is 2.53 bits per heavy atom. The van der Waals surface area contributed by atoms with Gasteiger partial charge < -0.3 is 10.6 Å². The van der Waals surface area contributed by atoms with E-state index in [1.165, 1.54) is 12.3 Å². The molecule has 2 aliphatic rings. The maximum absolute atomic E-state index is 15.6. The second-order valence-corrected chi connectivity index (χ2v) is 9.15. The van der Waals surface area contributed by atoms with Gasteiger partial charge in [-0.2, -0.15) is 0 Å². The van der Waals surface area contributed by atoms with Crippen molar-refractivity contribution in [3.05, 3.63) is 53.7 Å². The fourth-order valence-corrected chi connectivity index (χ4v) is 4.91. The zero-order valence-corrected chi connectivity index (χ0v) is 18.5. The van der Waals surface area contributed by atoms with Gasteiger partial charge >= 0.3 is 0 Å². The summed E-state index contributed by atoms with van der Waals surface area (Å²) in [4.78, 5) is 25.1. The number of aromatic nitrogens is 2. The van der Waals surface area contributed by atoms with E-state index >= 15 is 4.39 Å². The molecule has 8 heteroatoms. The Morgan fingerprint density at radius 2 is 1.91 bits per heavy atom. The number of anilines is 1. The number of likely N-dealkylation sites (tertiary alicyclic amines) is 2. The van der Waals surface area contributed by atoms with Gasteiger partial charge in [0.2, 0.25) is 0 Å². The van der Waals surface area contributed by atoms with Crippen LogP contribution >= 0.6 is 0 Å². The van der Waals surface area contributed by atoms with E-state index in [1.807, 2.05) is 12.1 Å². The van der Waals surface area contributed by atoms with E-state index < -0.39 is 5.67 Å². The average molecular weight is 444 g/mol. The Hall–Kier alpha value is -2.61. The molecule has 0 aromatic carbocycles. The van der Waals surface area contributed by atoms with Crippen LogP contribution in [0.2, 0.25) is 0 Å². The van der Waals surface area contributed by atoms with Crippen LogP contribution in [0.1, 0.15) is 49.8 Å². The van der Waals surface area contributed by atoms with Crippen molar-refractivity contribution in [2.24, 2.45) is 5.92 Å². The molecule has 2 aliphatic heterocycles. The molecule has 32 heavy (non-hydrogen) atoms. The molecule has 1 atom stereocenters. The van der Waals surface area contributed by atoms with Crippen molar-refractivity contribution in [1.82, 2.24) is 19.8 Å². The van der Waals surface area contributed by atoms with Crippen LogP contribution in [-0.4, -0.2) is 57.5 Å². The lowest BCUT2D eigenvalue weighted by Gasteiger charge is -2.41. The summed E-state index contributed by atoms with van der Waals surface area (Å²) in [5, 5.41) is 0. The molecule has 0 radical (unpaired) electrons. The minimum Gasteiger partial charge on any atom is -0.384 e. The number of nitrogens with two attached hydrogens (primary N) is 1. The third-order valence-corrected chi connectivity index (χ3v) is 7.03. The fourth-order valence-electron chi connectivity index (χ4n) is 4.91. The van der Waals surface area contributed by atoms with Gasteiger partial charge in [-0.25, -0.2) is 13.8 Å². The molecular weight excluding hydrogens is 412 g/mol. The van der Waals surface area contributed by atoms with Crippen LogP contribution < -0.4 is 5.73 Å². The number of hydrogen-bond donors (Lipinski definition) is 1. The van der Waals surface area contributed by atoms with Crippen molar-refractivity contribution < 1.29 is 13.6 Å². The highest BCUT2D eigenvalue weighted by molar-refractivity contribution is 5.85. The molecule has 1 unspecified atom stereocenters. The van der Waals surface area contributed by atoms with E-state index in [0.717, 1.165) is 24.1 Å². The molecule has 0 spiro atoms. The van der Waals surface area contributed by atoms with Gasteiger partial charge in [0.25, 0.3) is 5.91 Å². The van der Waals surface area contributed by atoms with Gasteiger partial charge in [0.05, 0.1) is 6.20 Å². The van der Waals surface area contributed by atoms with Crippen molar-refractivity contribution in [2.45, 2.75) is 50.7 Å². The number of nitrogens with zero attached hydrogens (tertiary/aromatic N) is 4. The first kappa shape index (κ1) is 22.6. The molecule has 2 aromatic heterocycles. The van der Waals surface area contributed by atoms with E-state index in [1.54, 1.807) is 17.2 Å². The third-order valence-electron chi connectivity index (χ3n) is 7.03. The summed E-state index contributed by atoms with van der Waals surface area (Å²) >= 11 is 0. The van der Waals surface area contributed by atoms with Crippen LogP contribution in [0, 0.1) is 11.7 Å². The van der Waals surface area contributed by atoms with Gasteiger partial charge in [0.1, 0.15) is 11.6 Å². The number of carbonyl (C=O) groups is 1. The van der Waals surface area contributed by atoms with Crippen LogP contribution in [0.3, 0.4) is 0 Å². The van der Waals surface area contributed by atoms with E-state index in [-0.39, 0.29) is 30.5 Å². The highest BCUT2D eigenvalue weighted by Crippen LogP contribution is 2.35. The van der Waals surface area contributed by atoms with E-state index in [0.29, 0.717) is 44.5 Å². The zero-order chi connectivity index (χ0) is 22.7. The molecule has 0 aliphatic carbocycles. The van der Waals surface area contributed by atoms with E-state index in [9.17, 15) is 9.18 Å². The summed E-state index contributed by atoms with van der Waals surface area (Å²) in [5.41, 5.74) is 5.86. The van der Waals surface area contributed by atoms with Crippen LogP contribution in [0.15, 0.2) is 36.7 Å². The number of rotatable bonds is 5. The molecule has 2 fully saturated rings. The maximum Gasteiger partial charge on any atom is 0.260 e. The van der Waals surface area contributed by atoms with Gasteiger partial charge in [-0.05, 0) is 48.6 Å². The number of hydrogen-bond acceptors (Lipinski definition) is 5. The highest BCUT2D eigenvalue weighted by Gasteiger charge is 2.45. The molecule has 0 saturated carbocycles. The number of piperidine rings is 2. The molecule has 4 heterocycles. The predicted molar refractivity (Wildman–Crippen MR) is 119 cm³/mol. The number of alkyl halides is 1. The SMILES string of the molecule is CC(c1ccc(F)cn1)C1CCN(C(=O)C2(F)CCN(Cc3ccnc(N)c3)CC2)CC1. The van der Waals surface area contributed by atoms with Crippen LogP contribution in [0.4, 0.5) is 14.6 Å². The van der Waals surface area contributed by atoms with Crippen molar-refractivity contribution in [1.29, 1.82) is 0 Å². The first-order chi connectivity index (χ1) is 15.3. The Balaban J connectivity index is 1.28. The summed E-state index contributed by atoms with van der Waals surface area (Å²) in [6, 6.07) is 6.89. The number of pyridine rings is 2. The normalized spacial score (nSPS) is 20.8. The average Bonchev–Trinajstić information content (AvgIpc) is 2.80. The number of nitrogen functional groups attached to an aromatic ring is 1. The smallest absolute Gasteiger partial charge is 0.260 e. The first-order valence-electron chi connectivity index (χ1n) is 11.4. The molecule has 1 amide bonds. The van der Waals surface area contributed by atoms with E-state index in [2.05, 4.69) is 21.8 Å². The quantitative estimate of drug-likeness (QED) is 0.765. The number of halogens is 2. The van der Waals surface area contributed by atoms with Crippen LogP contribution in [0.5, 0.6) is 0 Å². The Labute approximate surface area is 187 Å². The number of carbonyl (C=O) groups excluding carboxylic acids is 1. The summed E-state index contributed by atoms with van der Waals surface area (Å²) in [5.74, 6) is 0.296. The monoisotopic (exact) mass is 443 g/mol. The lowest BCUT2D eigenvalue weighted by molar-refractivity contribution is -0.149. The lowest BCUT2D eigenvalue weighted by atomic mass is 9.82. The molecule has 172 valence electrons. The highest BCUT2D eigenvalue weighted by atomic mass is 19.1. The van der Waals surface area contributed by atoms with Crippen molar-refractivity contribution in [3.8, 4) is 0 Å². The molecule has 2 aromatic rings. The van der Waals surface area contributed by atoms with Crippen molar-refractivity contribution in [3.63, 3.8) is 0 Å². The van der Waals surface area contributed by atoms with Crippen molar-refractivity contribution >= 4 is 11.7 Å². The number of amides is 1.